The van der Waals surface area contributed by atoms with Crippen molar-refractivity contribution in [3.63, 3.8) is 0 Å². The van der Waals surface area contributed by atoms with Gasteiger partial charge < -0.3 is 10.1 Å². The summed E-state index contributed by atoms with van der Waals surface area (Å²) in [7, 11) is 1.38. The van der Waals surface area contributed by atoms with Crippen molar-refractivity contribution >= 4 is 11.9 Å². The van der Waals surface area contributed by atoms with Gasteiger partial charge in [-0.3, -0.25) is 4.79 Å². The number of ether oxygens (including phenoxy) is 1. The summed E-state index contributed by atoms with van der Waals surface area (Å²) in [6, 6.07) is 5.61. The highest BCUT2D eigenvalue weighted by molar-refractivity contribution is 5.89. The number of esters is 1. The van der Waals surface area contributed by atoms with Gasteiger partial charge in [0, 0.05) is 6.42 Å². The lowest BCUT2D eigenvalue weighted by Gasteiger charge is -2.18. The first-order valence-electron chi connectivity index (χ1n) is 7.92. The van der Waals surface area contributed by atoms with Gasteiger partial charge in [0.15, 0.2) is 0 Å². The Balaban J connectivity index is 2.07. The minimum Gasteiger partial charge on any atom is -0.465 e. The normalized spacial score (nSPS) is 18.0. The molecule has 1 unspecified atom stereocenters. The Morgan fingerprint density at radius 1 is 1.32 bits per heavy atom. The van der Waals surface area contributed by atoms with Gasteiger partial charge >= 0.3 is 5.97 Å². The molecule has 1 N–H and O–H groups in total. The van der Waals surface area contributed by atoms with Crippen LogP contribution in [0.1, 0.15) is 61.1 Å². The molecule has 4 nitrogen and oxygen atoms in total. The first-order valence-corrected chi connectivity index (χ1v) is 7.92. The monoisotopic (exact) mass is 303 g/mol. The van der Waals surface area contributed by atoms with Crippen LogP contribution in [-0.2, 0) is 16.0 Å². The van der Waals surface area contributed by atoms with E-state index in [-0.39, 0.29) is 17.9 Å². The molecule has 4 heteroatoms. The zero-order valence-corrected chi connectivity index (χ0v) is 13.8. The molecule has 22 heavy (non-hydrogen) atoms. The predicted molar refractivity (Wildman–Crippen MR) is 85.6 cm³/mol. The molecule has 0 aromatic heterocycles. The molecule has 1 aliphatic rings. The van der Waals surface area contributed by atoms with Gasteiger partial charge in [0.2, 0.25) is 5.91 Å². The average molecular weight is 303 g/mol. The van der Waals surface area contributed by atoms with Crippen LogP contribution in [0.4, 0.5) is 0 Å². The molecule has 120 valence electrons. The summed E-state index contributed by atoms with van der Waals surface area (Å²) in [4.78, 5) is 23.8. The molecule has 1 amide bonds. The molecule has 0 radical (unpaired) electrons. The van der Waals surface area contributed by atoms with Crippen molar-refractivity contribution in [3.8, 4) is 0 Å². The van der Waals surface area contributed by atoms with Crippen LogP contribution in [0.5, 0.6) is 0 Å². The molecule has 0 bridgehead atoms. The summed E-state index contributed by atoms with van der Waals surface area (Å²) in [5.41, 5.74) is 2.79. The molecular formula is C18H25NO3. The third-order valence-corrected chi connectivity index (χ3v) is 4.63. The van der Waals surface area contributed by atoms with E-state index in [1.54, 1.807) is 6.07 Å². The Bertz CT molecular complexity index is 565. The molecule has 2 rings (SSSR count). The number of carbonyl (C=O) groups is 2. The largest absolute Gasteiger partial charge is 0.465 e. The number of amides is 1. The smallest absolute Gasteiger partial charge is 0.337 e. The van der Waals surface area contributed by atoms with Gasteiger partial charge in [-0.1, -0.05) is 26.8 Å². The van der Waals surface area contributed by atoms with E-state index in [1.807, 2.05) is 12.1 Å². The number of carbonyl (C=O) groups excluding carboxylic acids is 2. The van der Waals surface area contributed by atoms with E-state index < -0.39 is 0 Å². The van der Waals surface area contributed by atoms with Gasteiger partial charge in [0.1, 0.15) is 0 Å². The fourth-order valence-electron chi connectivity index (χ4n) is 2.78. The zero-order valence-electron chi connectivity index (χ0n) is 13.8. The maximum Gasteiger partial charge on any atom is 0.337 e. The zero-order chi connectivity index (χ0) is 16.3. The van der Waals surface area contributed by atoms with Crippen molar-refractivity contribution < 1.29 is 14.3 Å². The van der Waals surface area contributed by atoms with Gasteiger partial charge in [-0.05, 0) is 47.9 Å². The van der Waals surface area contributed by atoms with Gasteiger partial charge in [0.25, 0.3) is 0 Å². The molecule has 2 atom stereocenters. The van der Waals surface area contributed by atoms with Crippen LogP contribution in [0.15, 0.2) is 18.2 Å². The molecule has 0 aliphatic heterocycles. The minimum absolute atomic E-state index is 0.00599. The summed E-state index contributed by atoms with van der Waals surface area (Å²) in [6.07, 6.45) is 2.36. The van der Waals surface area contributed by atoms with E-state index in [1.165, 1.54) is 12.7 Å². The maximum absolute atomic E-state index is 12.2. The predicted octanol–water partition coefficient (Wildman–Crippen LogP) is 3.26. The molecule has 1 aromatic rings. The Labute approximate surface area is 132 Å². The number of fused-ring (bicyclic) bond motifs is 1. The van der Waals surface area contributed by atoms with E-state index in [4.69, 9.17) is 4.74 Å². The van der Waals surface area contributed by atoms with Crippen molar-refractivity contribution in [1.82, 2.24) is 5.32 Å². The van der Waals surface area contributed by atoms with Crippen LogP contribution >= 0.6 is 0 Å². The molecule has 0 saturated heterocycles. The molecule has 0 heterocycles. The van der Waals surface area contributed by atoms with E-state index in [2.05, 4.69) is 26.1 Å². The first-order chi connectivity index (χ1) is 10.4. The number of benzene rings is 1. The molecule has 0 spiro atoms. The summed E-state index contributed by atoms with van der Waals surface area (Å²) in [5, 5.41) is 3.11. The Morgan fingerprint density at radius 2 is 2.05 bits per heavy atom. The van der Waals surface area contributed by atoms with E-state index in [0.29, 0.717) is 23.8 Å². The molecular weight excluding hydrogens is 278 g/mol. The Morgan fingerprint density at radius 3 is 2.68 bits per heavy atom. The van der Waals surface area contributed by atoms with Crippen LogP contribution in [0.2, 0.25) is 0 Å². The molecule has 0 saturated carbocycles. The number of hydrogen-bond donors (Lipinski definition) is 1. The van der Waals surface area contributed by atoms with Gasteiger partial charge in [-0.15, -0.1) is 0 Å². The topological polar surface area (TPSA) is 55.4 Å². The fraction of sp³-hybridized carbons (Fsp3) is 0.556. The highest BCUT2D eigenvalue weighted by Gasteiger charge is 2.26. The first kappa shape index (κ1) is 16.5. The lowest BCUT2D eigenvalue weighted by molar-refractivity contribution is -0.123. The summed E-state index contributed by atoms with van der Waals surface area (Å²) < 4.78 is 4.77. The highest BCUT2D eigenvalue weighted by Crippen LogP contribution is 2.32. The lowest BCUT2D eigenvalue weighted by Crippen LogP contribution is -2.29. The average Bonchev–Trinajstić information content (AvgIpc) is 2.88. The second kappa shape index (κ2) is 6.95. The number of hydrogen-bond acceptors (Lipinski definition) is 3. The molecule has 1 aliphatic carbocycles. The van der Waals surface area contributed by atoms with E-state index >= 15 is 0 Å². The van der Waals surface area contributed by atoms with Crippen LogP contribution in [-0.4, -0.2) is 19.0 Å². The van der Waals surface area contributed by atoms with Crippen molar-refractivity contribution in [2.45, 2.75) is 46.1 Å². The van der Waals surface area contributed by atoms with Gasteiger partial charge in [-0.2, -0.15) is 0 Å². The molecule has 0 fully saturated rings. The van der Waals surface area contributed by atoms with Crippen molar-refractivity contribution in [3.05, 3.63) is 34.9 Å². The second-order valence-electron chi connectivity index (χ2n) is 6.49. The third-order valence-electron chi connectivity index (χ3n) is 4.63. The molecule has 1 aromatic carbocycles. The number of nitrogens with one attached hydrogen (secondary N) is 1. The Hall–Kier alpha value is -1.84. The van der Waals surface area contributed by atoms with Crippen molar-refractivity contribution in [2.75, 3.05) is 7.11 Å². The summed E-state index contributed by atoms with van der Waals surface area (Å²) in [5.74, 6) is 0.602. The third kappa shape index (κ3) is 3.67. The lowest BCUT2D eigenvalue weighted by atomic mass is 9.94. The quantitative estimate of drug-likeness (QED) is 0.849. The Kier molecular flexibility index (Phi) is 5.22. The second-order valence-corrected chi connectivity index (χ2v) is 6.49. The van der Waals surface area contributed by atoms with Gasteiger partial charge in [0.05, 0.1) is 18.7 Å². The van der Waals surface area contributed by atoms with E-state index in [9.17, 15) is 9.59 Å². The number of methoxy groups -OCH3 is 1. The number of aryl methyl sites for hydroxylation is 1. The maximum atomic E-state index is 12.2. The van der Waals surface area contributed by atoms with Crippen LogP contribution in [0.25, 0.3) is 0 Å². The van der Waals surface area contributed by atoms with Crippen LogP contribution < -0.4 is 5.32 Å². The van der Waals surface area contributed by atoms with Crippen molar-refractivity contribution in [2.24, 2.45) is 11.8 Å². The summed E-state index contributed by atoms with van der Waals surface area (Å²) >= 11 is 0. The van der Waals surface area contributed by atoms with E-state index in [0.717, 1.165) is 18.4 Å². The number of rotatable bonds is 5. The standard InChI is InChI=1S/C18H25NO3/c1-11(2)12(3)9-17(20)19-16-8-7-13-5-6-14(10-15(13)16)18(21)22-4/h5-6,10-12,16H,7-9H2,1-4H3,(H,19,20)/t12?,16-/m1/s1. The highest BCUT2D eigenvalue weighted by atomic mass is 16.5. The van der Waals surface area contributed by atoms with Crippen LogP contribution in [0.3, 0.4) is 0 Å². The fourth-order valence-corrected chi connectivity index (χ4v) is 2.78. The minimum atomic E-state index is -0.340. The summed E-state index contributed by atoms with van der Waals surface area (Å²) in [6.45, 7) is 6.36. The van der Waals surface area contributed by atoms with Crippen molar-refractivity contribution in [1.29, 1.82) is 0 Å². The van der Waals surface area contributed by atoms with Crippen LogP contribution in [0, 0.1) is 11.8 Å². The van der Waals surface area contributed by atoms with Gasteiger partial charge in [-0.25, -0.2) is 4.79 Å². The SMILES string of the molecule is COC(=O)c1ccc2c(c1)[C@H](NC(=O)CC(C)C(C)C)CC2.